The van der Waals surface area contributed by atoms with Crippen molar-refractivity contribution in [1.82, 2.24) is 0 Å². The summed E-state index contributed by atoms with van der Waals surface area (Å²) in [6.07, 6.45) is 0.558. The van der Waals surface area contributed by atoms with Gasteiger partial charge in [0.25, 0.3) is 0 Å². The molecule has 2 aromatic rings. The molecule has 0 bridgehead atoms. The standard InChI is InChI=1S/C16H17F2N/c1-11-7-8-14(17)10-16(11)19-12(2)9-13-5-3-4-6-15(13)18/h3-8,10,12,19H,9H2,1-2H3. The van der Waals surface area contributed by atoms with E-state index in [-0.39, 0.29) is 17.7 Å². The number of anilines is 1. The summed E-state index contributed by atoms with van der Waals surface area (Å²) in [4.78, 5) is 0. The highest BCUT2D eigenvalue weighted by molar-refractivity contribution is 5.51. The summed E-state index contributed by atoms with van der Waals surface area (Å²) in [7, 11) is 0. The van der Waals surface area contributed by atoms with Crippen LogP contribution in [0.4, 0.5) is 14.5 Å². The first kappa shape index (κ1) is 13.5. The lowest BCUT2D eigenvalue weighted by atomic mass is 10.1. The van der Waals surface area contributed by atoms with Gasteiger partial charge in [-0.25, -0.2) is 8.78 Å². The monoisotopic (exact) mass is 261 g/mol. The molecule has 100 valence electrons. The smallest absolute Gasteiger partial charge is 0.126 e. The predicted octanol–water partition coefficient (Wildman–Crippen LogP) is 4.32. The van der Waals surface area contributed by atoms with Crippen molar-refractivity contribution in [3.8, 4) is 0 Å². The third-order valence-corrected chi connectivity index (χ3v) is 3.09. The number of hydrogen-bond donors (Lipinski definition) is 1. The molecule has 3 heteroatoms. The number of halogens is 2. The number of hydrogen-bond acceptors (Lipinski definition) is 1. The second-order valence-corrected chi connectivity index (χ2v) is 4.80. The van der Waals surface area contributed by atoms with E-state index in [0.29, 0.717) is 12.0 Å². The third-order valence-electron chi connectivity index (χ3n) is 3.09. The lowest BCUT2D eigenvalue weighted by Crippen LogP contribution is -2.19. The van der Waals surface area contributed by atoms with Crippen molar-refractivity contribution in [2.75, 3.05) is 5.32 Å². The second kappa shape index (κ2) is 5.83. The van der Waals surface area contributed by atoms with Crippen LogP contribution in [0, 0.1) is 18.6 Å². The molecule has 1 unspecified atom stereocenters. The van der Waals surface area contributed by atoms with Crippen molar-refractivity contribution in [2.24, 2.45) is 0 Å². The SMILES string of the molecule is Cc1ccc(F)cc1NC(C)Cc1ccccc1F. The Morgan fingerprint density at radius 3 is 2.58 bits per heavy atom. The van der Waals surface area contributed by atoms with E-state index in [4.69, 9.17) is 0 Å². The van der Waals surface area contributed by atoms with Crippen LogP contribution in [0.3, 0.4) is 0 Å². The van der Waals surface area contributed by atoms with E-state index in [9.17, 15) is 8.78 Å². The van der Waals surface area contributed by atoms with Gasteiger partial charge in [0.05, 0.1) is 0 Å². The normalized spacial score (nSPS) is 12.2. The molecule has 1 nitrogen and oxygen atoms in total. The maximum absolute atomic E-state index is 13.5. The maximum Gasteiger partial charge on any atom is 0.126 e. The maximum atomic E-state index is 13.5. The molecule has 2 aromatic carbocycles. The first-order valence-electron chi connectivity index (χ1n) is 6.32. The van der Waals surface area contributed by atoms with Crippen LogP contribution in [0.5, 0.6) is 0 Å². The van der Waals surface area contributed by atoms with Crippen LogP contribution in [0.1, 0.15) is 18.1 Å². The van der Waals surface area contributed by atoms with Gasteiger partial charge in [-0.1, -0.05) is 24.3 Å². The van der Waals surface area contributed by atoms with Gasteiger partial charge in [-0.05, 0) is 49.6 Å². The molecular weight excluding hydrogens is 244 g/mol. The molecule has 1 N–H and O–H groups in total. The number of benzene rings is 2. The third kappa shape index (κ3) is 3.53. The molecule has 1 atom stereocenters. The summed E-state index contributed by atoms with van der Waals surface area (Å²) in [5.41, 5.74) is 2.39. The van der Waals surface area contributed by atoms with E-state index in [0.717, 1.165) is 11.3 Å². The molecule has 0 spiro atoms. The van der Waals surface area contributed by atoms with E-state index in [1.165, 1.54) is 18.2 Å². The van der Waals surface area contributed by atoms with Crippen LogP contribution in [0.25, 0.3) is 0 Å². The molecule has 0 aliphatic rings. The first-order chi connectivity index (χ1) is 9.06. The van der Waals surface area contributed by atoms with E-state index >= 15 is 0 Å². The van der Waals surface area contributed by atoms with Gasteiger partial charge in [0.2, 0.25) is 0 Å². The van der Waals surface area contributed by atoms with Gasteiger partial charge in [-0.15, -0.1) is 0 Å². The Bertz CT molecular complexity index is 566. The van der Waals surface area contributed by atoms with Crippen molar-refractivity contribution in [3.63, 3.8) is 0 Å². The predicted molar refractivity (Wildman–Crippen MR) is 74.3 cm³/mol. The molecule has 0 aliphatic carbocycles. The number of nitrogens with one attached hydrogen (secondary N) is 1. The fraction of sp³-hybridized carbons (Fsp3) is 0.250. The molecule has 0 saturated carbocycles. The molecule has 0 aromatic heterocycles. The minimum atomic E-state index is -0.272. The van der Waals surface area contributed by atoms with Crippen LogP contribution in [0.15, 0.2) is 42.5 Å². The Balaban J connectivity index is 2.07. The zero-order chi connectivity index (χ0) is 13.8. The van der Waals surface area contributed by atoms with Crippen molar-refractivity contribution < 1.29 is 8.78 Å². The van der Waals surface area contributed by atoms with Gasteiger partial charge < -0.3 is 5.32 Å². The molecule has 0 heterocycles. The summed E-state index contributed by atoms with van der Waals surface area (Å²) in [5.74, 6) is -0.474. The molecule has 0 fully saturated rings. The Kier molecular flexibility index (Phi) is 4.15. The quantitative estimate of drug-likeness (QED) is 0.864. The van der Waals surface area contributed by atoms with Crippen LogP contribution in [-0.4, -0.2) is 6.04 Å². The fourth-order valence-corrected chi connectivity index (χ4v) is 2.06. The molecule has 0 radical (unpaired) electrons. The van der Waals surface area contributed by atoms with Crippen LogP contribution in [0.2, 0.25) is 0 Å². The fourth-order valence-electron chi connectivity index (χ4n) is 2.06. The average molecular weight is 261 g/mol. The summed E-state index contributed by atoms with van der Waals surface area (Å²) in [5, 5.41) is 3.22. The molecule has 2 rings (SSSR count). The van der Waals surface area contributed by atoms with Gasteiger partial charge in [0.1, 0.15) is 11.6 Å². The zero-order valence-electron chi connectivity index (χ0n) is 11.1. The molecule has 0 amide bonds. The molecule has 0 aliphatic heterocycles. The van der Waals surface area contributed by atoms with Gasteiger partial charge in [-0.3, -0.25) is 0 Å². The van der Waals surface area contributed by atoms with Gasteiger partial charge >= 0.3 is 0 Å². The van der Waals surface area contributed by atoms with Gasteiger partial charge in [0.15, 0.2) is 0 Å². The Labute approximate surface area is 112 Å². The highest BCUT2D eigenvalue weighted by atomic mass is 19.1. The molecular formula is C16H17F2N. The summed E-state index contributed by atoms with van der Waals surface area (Å²) >= 11 is 0. The topological polar surface area (TPSA) is 12.0 Å². The Morgan fingerprint density at radius 1 is 1.11 bits per heavy atom. The van der Waals surface area contributed by atoms with Crippen LogP contribution >= 0.6 is 0 Å². The van der Waals surface area contributed by atoms with E-state index in [1.807, 2.05) is 19.9 Å². The van der Waals surface area contributed by atoms with E-state index in [2.05, 4.69) is 5.32 Å². The largest absolute Gasteiger partial charge is 0.382 e. The average Bonchev–Trinajstić information content (AvgIpc) is 2.37. The summed E-state index contributed by atoms with van der Waals surface area (Å²) in [6, 6.07) is 11.4. The molecule has 19 heavy (non-hydrogen) atoms. The summed E-state index contributed by atoms with van der Waals surface area (Å²) < 4.78 is 26.7. The number of aryl methyl sites for hydroxylation is 1. The van der Waals surface area contributed by atoms with Gasteiger partial charge in [0, 0.05) is 11.7 Å². The van der Waals surface area contributed by atoms with E-state index in [1.54, 1.807) is 18.2 Å². The van der Waals surface area contributed by atoms with Crippen molar-refractivity contribution in [2.45, 2.75) is 26.3 Å². The minimum Gasteiger partial charge on any atom is -0.382 e. The highest BCUT2D eigenvalue weighted by Crippen LogP contribution is 2.18. The minimum absolute atomic E-state index is 0.0254. The highest BCUT2D eigenvalue weighted by Gasteiger charge is 2.09. The van der Waals surface area contributed by atoms with Crippen molar-refractivity contribution in [3.05, 3.63) is 65.2 Å². The number of rotatable bonds is 4. The lowest BCUT2D eigenvalue weighted by Gasteiger charge is -2.17. The van der Waals surface area contributed by atoms with Crippen molar-refractivity contribution in [1.29, 1.82) is 0 Å². The second-order valence-electron chi connectivity index (χ2n) is 4.80. The zero-order valence-corrected chi connectivity index (χ0v) is 11.1. The van der Waals surface area contributed by atoms with Crippen molar-refractivity contribution >= 4 is 5.69 Å². The van der Waals surface area contributed by atoms with Crippen LogP contribution < -0.4 is 5.32 Å². The Morgan fingerprint density at radius 2 is 1.84 bits per heavy atom. The van der Waals surface area contributed by atoms with E-state index < -0.39 is 0 Å². The molecule has 0 saturated heterocycles. The summed E-state index contributed by atoms with van der Waals surface area (Å²) in [6.45, 7) is 3.87. The lowest BCUT2D eigenvalue weighted by molar-refractivity contribution is 0.600. The van der Waals surface area contributed by atoms with Gasteiger partial charge in [-0.2, -0.15) is 0 Å². The Hall–Kier alpha value is -1.90. The van der Waals surface area contributed by atoms with Crippen LogP contribution in [-0.2, 0) is 6.42 Å². The first-order valence-corrected chi connectivity index (χ1v) is 6.32.